The van der Waals surface area contributed by atoms with E-state index in [4.69, 9.17) is 0 Å². The maximum atomic E-state index is 12.1. The lowest BCUT2D eigenvalue weighted by molar-refractivity contribution is 0.0828. The summed E-state index contributed by atoms with van der Waals surface area (Å²) in [7, 11) is 0.438. The molecule has 0 radical (unpaired) electrons. The Bertz CT molecular complexity index is 596. The van der Waals surface area contributed by atoms with Gasteiger partial charge in [0, 0.05) is 25.8 Å². The Morgan fingerprint density at radius 1 is 1.30 bits per heavy atom. The van der Waals surface area contributed by atoms with Gasteiger partial charge in [-0.25, -0.2) is 8.42 Å². The smallest absolute Gasteiger partial charge is 0.255 e. The number of sulfone groups is 1. The van der Waals surface area contributed by atoms with Crippen LogP contribution in [0.5, 0.6) is 0 Å². The van der Waals surface area contributed by atoms with E-state index in [9.17, 15) is 13.2 Å². The monoisotopic (exact) mass is 296 g/mol. The fraction of sp³-hybridized carbons (Fsp3) is 0.500. The zero-order chi connectivity index (χ0) is 14.8. The lowest BCUT2D eigenvalue weighted by Gasteiger charge is -2.25. The van der Waals surface area contributed by atoms with Crippen LogP contribution in [0.1, 0.15) is 23.2 Å². The van der Waals surface area contributed by atoms with Crippen molar-refractivity contribution in [2.75, 3.05) is 30.9 Å². The van der Waals surface area contributed by atoms with Gasteiger partial charge < -0.3 is 10.2 Å². The first-order valence-electron chi connectivity index (χ1n) is 6.67. The molecule has 6 heteroatoms. The second-order valence-corrected chi connectivity index (χ2v) is 7.57. The number of para-hydroxylation sites is 1. The van der Waals surface area contributed by atoms with E-state index in [-0.39, 0.29) is 23.5 Å². The summed E-state index contributed by atoms with van der Waals surface area (Å²) in [4.78, 5) is 13.6. The number of anilines is 1. The Hall–Kier alpha value is -1.56. The van der Waals surface area contributed by atoms with Crippen LogP contribution in [0.3, 0.4) is 0 Å². The Morgan fingerprint density at radius 2 is 2.00 bits per heavy atom. The molecule has 1 unspecified atom stereocenters. The Morgan fingerprint density at radius 3 is 2.65 bits per heavy atom. The molecule has 0 aliphatic carbocycles. The summed E-state index contributed by atoms with van der Waals surface area (Å²) in [5.74, 6) is 0.313. The Balaban J connectivity index is 2.19. The molecule has 1 amide bonds. The van der Waals surface area contributed by atoms with Crippen molar-refractivity contribution in [2.45, 2.75) is 18.9 Å². The highest BCUT2D eigenvalue weighted by molar-refractivity contribution is 7.91. The number of carbonyl (C=O) groups is 1. The summed E-state index contributed by atoms with van der Waals surface area (Å²) in [5, 5.41) is 3.21. The van der Waals surface area contributed by atoms with Crippen molar-refractivity contribution in [3.63, 3.8) is 0 Å². The molecule has 1 aliphatic heterocycles. The maximum absolute atomic E-state index is 12.1. The van der Waals surface area contributed by atoms with Crippen LogP contribution in [0.15, 0.2) is 24.3 Å². The first kappa shape index (κ1) is 14.8. The van der Waals surface area contributed by atoms with Gasteiger partial charge in [0.15, 0.2) is 9.84 Å². The minimum Gasteiger partial charge on any atom is -0.381 e. The summed E-state index contributed by atoms with van der Waals surface area (Å²) in [6.07, 6.45) is 1.48. The van der Waals surface area contributed by atoms with Gasteiger partial charge in [0.25, 0.3) is 5.91 Å². The summed E-state index contributed by atoms with van der Waals surface area (Å²) in [5.41, 5.74) is 1.27. The predicted octanol–water partition coefficient (Wildman–Crippen LogP) is 1.38. The Kier molecular flexibility index (Phi) is 4.32. The fourth-order valence-corrected chi connectivity index (χ4v) is 4.03. The SMILES string of the molecule is CN(C)C(=O)c1ccccc1NC1CCCS(=O)(=O)C1. The average Bonchev–Trinajstić information content (AvgIpc) is 2.37. The third-order valence-electron chi connectivity index (χ3n) is 3.39. The van der Waals surface area contributed by atoms with Gasteiger partial charge in [0.1, 0.15) is 0 Å². The fourth-order valence-electron chi connectivity index (χ4n) is 2.39. The number of nitrogens with one attached hydrogen (secondary N) is 1. The molecule has 1 atom stereocenters. The Labute approximate surface area is 119 Å². The minimum absolute atomic E-state index is 0.0910. The van der Waals surface area contributed by atoms with Crippen molar-refractivity contribution in [1.82, 2.24) is 4.90 Å². The van der Waals surface area contributed by atoms with Crippen LogP contribution in [0, 0.1) is 0 Å². The largest absolute Gasteiger partial charge is 0.381 e. The number of hydrogen-bond acceptors (Lipinski definition) is 4. The van der Waals surface area contributed by atoms with Crippen LogP contribution in [-0.4, -0.2) is 50.9 Å². The van der Waals surface area contributed by atoms with Gasteiger partial charge in [0.05, 0.1) is 17.1 Å². The lowest BCUT2D eigenvalue weighted by Crippen LogP contribution is -2.35. The van der Waals surface area contributed by atoms with Gasteiger partial charge >= 0.3 is 0 Å². The van der Waals surface area contributed by atoms with Crippen molar-refractivity contribution >= 4 is 21.4 Å². The molecular formula is C14H20N2O3S. The van der Waals surface area contributed by atoms with E-state index in [2.05, 4.69) is 5.32 Å². The van der Waals surface area contributed by atoms with Gasteiger partial charge in [-0.15, -0.1) is 0 Å². The number of benzene rings is 1. The summed E-state index contributed by atoms with van der Waals surface area (Å²) < 4.78 is 23.3. The standard InChI is InChI=1S/C14H20N2O3S/c1-16(2)14(17)12-7-3-4-8-13(12)15-11-6-5-9-20(18,19)10-11/h3-4,7-8,11,15H,5-6,9-10H2,1-2H3. The third-order valence-corrected chi connectivity index (χ3v) is 5.21. The molecule has 1 aromatic rings. The van der Waals surface area contributed by atoms with Crippen molar-refractivity contribution in [3.8, 4) is 0 Å². The van der Waals surface area contributed by atoms with Crippen molar-refractivity contribution in [1.29, 1.82) is 0 Å². The van der Waals surface area contributed by atoms with Crippen LogP contribution in [-0.2, 0) is 9.84 Å². The van der Waals surface area contributed by atoms with Gasteiger partial charge in [-0.05, 0) is 25.0 Å². The van der Waals surface area contributed by atoms with E-state index in [1.54, 1.807) is 26.2 Å². The zero-order valence-corrected chi connectivity index (χ0v) is 12.6. The summed E-state index contributed by atoms with van der Waals surface area (Å²) in [6, 6.07) is 7.09. The highest BCUT2D eigenvalue weighted by atomic mass is 32.2. The average molecular weight is 296 g/mol. The molecule has 2 rings (SSSR count). The van der Waals surface area contributed by atoms with E-state index in [1.807, 2.05) is 12.1 Å². The molecule has 0 spiro atoms. The first-order valence-corrected chi connectivity index (χ1v) is 8.49. The van der Waals surface area contributed by atoms with Crippen molar-refractivity contribution in [3.05, 3.63) is 29.8 Å². The summed E-state index contributed by atoms with van der Waals surface area (Å²) in [6.45, 7) is 0. The molecular weight excluding hydrogens is 276 g/mol. The van der Waals surface area contributed by atoms with Crippen molar-refractivity contribution in [2.24, 2.45) is 0 Å². The molecule has 1 aromatic carbocycles. The van der Waals surface area contributed by atoms with Crippen LogP contribution in [0.2, 0.25) is 0 Å². The predicted molar refractivity (Wildman–Crippen MR) is 79.8 cm³/mol. The molecule has 1 fully saturated rings. The third kappa shape index (κ3) is 3.50. The first-order chi connectivity index (χ1) is 9.39. The molecule has 5 nitrogen and oxygen atoms in total. The van der Waals surface area contributed by atoms with Crippen LogP contribution < -0.4 is 5.32 Å². The number of rotatable bonds is 3. The highest BCUT2D eigenvalue weighted by Crippen LogP contribution is 2.21. The number of carbonyl (C=O) groups excluding carboxylic acids is 1. The van der Waals surface area contributed by atoms with Crippen molar-refractivity contribution < 1.29 is 13.2 Å². The molecule has 110 valence electrons. The zero-order valence-electron chi connectivity index (χ0n) is 11.8. The molecule has 1 N–H and O–H groups in total. The van der Waals surface area contributed by atoms with Crippen LogP contribution >= 0.6 is 0 Å². The maximum Gasteiger partial charge on any atom is 0.255 e. The molecule has 0 aromatic heterocycles. The normalized spacial score (nSPS) is 21.2. The lowest BCUT2D eigenvalue weighted by atomic mass is 10.1. The molecule has 1 saturated heterocycles. The van der Waals surface area contributed by atoms with Gasteiger partial charge in [-0.2, -0.15) is 0 Å². The van der Waals surface area contributed by atoms with E-state index < -0.39 is 9.84 Å². The van der Waals surface area contributed by atoms with Gasteiger partial charge in [-0.3, -0.25) is 4.79 Å². The number of hydrogen-bond donors (Lipinski definition) is 1. The molecule has 1 heterocycles. The van der Waals surface area contributed by atoms with Gasteiger partial charge in [-0.1, -0.05) is 12.1 Å². The van der Waals surface area contributed by atoms with Crippen LogP contribution in [0.25, 0.3) is 0 Å². The topological polar surface area (TPSA) is 66.5 Å². The van der Waals surface area contributed by atoms with E-state index in [0.717, 1.165) is 6.42 Å². The second-order valence-electron chi connectivity index (χ2n) is 5.34. The summed E-state index contributed by atoms with van der Waals surface area (Å²) >= 11 is 0. The quantitative estimate of drug-likeness (QED) is 0.915. The van der Waals surface area contributed by atoms with Crippen LogP contribution in [0.4, 0.5) is 5.69 Å². The second kappa shape index (κ2) is 5.83. The van der Waals surface area contributed by atoms with Gasteiger partial charge in [0.2, 0.25) is 0 Å². The van der Waals surface area contributed by atoms with E-state index in [1.165, 1.54) is 4.90 Å². The minimum atomic E-state index is -2.96. The van der Waals surface area contributed by atoms with E-state index >= 15 is 0 Å². The van der Waals surface area contributed by atoms with E-state index in [0.29, 0.717) is 17.7 Å². The number of nitrogens with zero attached hydrogens (tertiary/aromatic N) is 1. The molecule has 20 heavy (non-hydrogen) atoms. The molecule has 0 bridgehead atoms. The number of amides is 1. The molecule has 0 saturated carbocycles. The molecule has 1 aliphatic rings. The highest BCUT2D eigenvalue weighted by Gasteiger charge is 2.25.